The van der Waals surface area contributed by atoms with Crippen molar-refractivity contribution in [2.75, 3.05) is 17.6 Å². The van der Waals surface area contributed by atoms with E-state index in [2.05, 4.69) is 25.6 Å². The van der Waals surface area contributed by atoms with Crippen molar-refractivity contribution in [2.24, 2.45) is 0 Å². The number of aromatic nitrogens is 4. The van der Waals surface area contributed by atoms with Gasteiger partial charge in [-0.3, -0.25) is 19.1 Å². The minimum Gasteiger partial charge on any atom is -0.384 e. The Morgan fingerprint density at radius 1 is 1.23 bits per heavy atom. The van der Waals surface area contributed by atoms with E-state index >= 15 is 0 Å². The molecule has 4 N–H and O–H groups in total. The molecule has 0 aliphatic rings. The summed E-state index contributed by atoms with van der Waals surface area (Å²) in [6.07, 6.45) is 5.11. The van der Waals surface area contributed by atoms with Crippen molar-refractivity contribution in [1.29, 1.82) is 0 Å². The Morgan fingerprint density at radius 2 is 2.03 bits per heavy atom. The van der Waals surface area contributed by atoms with Crippen LogP contribution in [-0.2, 0) is 17.9 Å². The smallest absolute Gasteiger partial charge is 0.293 e. The molecule has 3 aromatic heterocycles. The molecular weight excluding hydrogens is 394 g/mol. The lowest BCUT2D eigenvalue weighted by Crippen LogP contribution is -2.35. The van der Waals surface area contributed by atoms with Crippen LogP contribution in [0.5, 0.6) is 0 Å². The van der Waals surface area contributed by atoms with Crippen molar-refractivity contribution in [3.8, 4) is 0 Å². The van der Waals surface area contributed by atoms with Crippen LogP contribution in [0.3, 0.4) is 0 Å². The van der Waals surface area contributed by atoms with Crippen molar-refractivity contribution in [3.05, 3.63) is 75.7 Å². The first kappa shape index (κ1) is 21.9. The molecule has 9 nitrogen and oxygen atoms in total. The molecule has 0 radical (unpaired) electrons. The van der Waals surface area contributed by atoms with E-state index in [1.165, 1.54) is 4.57 Å². The van der Waals surface area contributed by atoms with Crippen LogP contribution in [0.1, 0.15) is 35.4 Å². The molecule has 0 saturated carbocycles. The maximum Gasteiger partial charge on any atom is 0.293 e. The number of nitrogen functional groups attached to an aromatic ring is 1. The van der Waals surface area contributed by atoms with Gasteiger partial charge >= 0.3 is 0 Å². The highest BCUT2D eigenvalue weighted by Crippen LogP contribution is 2.13. The largest absolute Gasteiger partial charge is 0.384 e. The van der Waals surface area contributed by atoms with Crippen molar-refractivity contribution in [1.82, 2.24) is 24.8 Å². The number of nitrogens with two attached hydrogens (primary N) is 1. The van der Waals surface area contributed by atoms with E-state index in [9.17, 15) is 9.59 Å². The number of nitrogens with zero attached hydrogens (tertiary/aromatic N) is 4. The van der Waals surface area contributed by atoms with Crippen LogP contribution in [-0.4, -0.2) is 32.0 Å². The zero-order valence-electron chi connectivity index (χ0n) is 17.9. The third kappa shape index (κ3) is 5.65. The maximum atomic E-state index is 12.9. The number of carbonyl (C=O) groups is 1. The quantitative estimate of drug-likeness (QED) is 0.506. The van der Waals surface area contributed by atoms with Crippen LogP contribution in [0, 0.1) is 13.8 Å². The second kappa shape index (κ2) is 9.84. The Balaban J connectivity index is 1.64. The fourth-order valence-electron chi connectivity index (χ4n) is 3.11. The number of pyridine rings is 2. The van der Waals surface area contributed by atoms with E-state index in [-0.39, 0.29) is 29.7 Å². The van der Waals surface area contributed by atoms with Gasteiger partial charge in [-0.25, -0.2) is 9.97 Å². The second-order valence-electron chi connectivity index (χ2n) is 7.47. The van der Waals surface area contributed by atoms with Crippen LogP contribution in [0.2, 0.25) is 0 Å². The summed E-state index contributed by atoms with van der Waals surface area (Å²) in [5, 5.41) is 5.92. The molecule has 162 valence electrons. The van der Waals surface area contributed by atoms with Gasteiger partial charge in [0, 0.05) is 43.1 Å². The van der Waals surface area contributed by atoms with Crippen LogP contribution >= 0.6 is 0 Å². The number of nitrogens with one attached hydrogen (secondary N) is 2. The van der Waals surface area contributed by atoms with Crippen LogP contribution in [0.15, 0.2) is 47.7 Å². The highest BCUT2D eigenvalue weighted by molar-refractivity contribution is 5.75. The first-order valence-corrected chi connectivity index (χ1v) is 10.0. The first-order chi connectivity index (χ1) is 14.8. The van der Waals surface area contributed by atoms with Crippen molar-refractivity contribution >= 4 is 17.5 Å². The van der Waals surface area contributed by atoms with Gasteiger partial charge in [0.05, 0.1) is 0 Å². The van der Waals surface area contributed by atoms with E-state index in [1.807, 2.05) is 32.0 Å². The summed E-state index contributed by atoms with van der Waals surface area (Å²) in [6, 6.07) is 7.38. The van der Waals surface area contributed by atoms with E-state index in [1.54, 1.807) is 31.6 Å². The molecule has 3 aromatic rings. The lowest BCUT2D eigenvalue weighted by molar-refractivity contribution is -0.121. The molecule has 0 aliphatic heterocycles. The summed E-state index contributed by atoms with van der Waals surface area (Å²) in [6.45, 7) is 6.36. The molecule has 1 atom stereocenters. The van der Waals surface area contributed by atoms with Crippen LogP contribution < -0.4 is 21.9 Å². The zero-order chi connectivity index (χ0) is 22.4. The number of rotatable bonds is 8. The minimum atomic E-state index is -0.334. The van der Waals surface area contributed by atoms with Gasteiger partial charge in [-0.15, -0.1) is 0 Å². The topological polar surface area (TPSA) is 128 Å². The molecule has 0 fully saturated rings. The average Bonchev–Trinajstić information content (AvgIpc) is 2.76. The van der Waals surface area contributed by atoms with Gasteiger partial charge < -0.3 is 16.4 Å². The van der Waals surface area contributed by atoms with E-state index in [4.69, 9.17) is 5.73 Å². The normalized spacial score (nSPS) is 11.7. The molecule has 0 aromatic carbocycles. The fraction of sp³-hybridized carbons (Fsp3) is 0.318. The van der Waals surface area contributed by atoms with Gasteiger partial charge in [-0.2, -0.15) is 0 Å². The highest BCUT2D eigenvalue weighted by Gasteiger charge is 2.13. The summed E-state index contributed by atoms with van der Waals surface area (Å²) < 4.78 is 1.41. The molecule has 1 amide bonds. The predicted octanol–water partition coefficient (Wildman–Crippen LogP) is 1.76. The van der Waals surface area contributed by atoms with Crippen LogP contribution in [0.4, 0.5) is 11.6 Å². The second-order valence-corrected chi connectivity index (χ2v) is 7.47. The van der Waals surface area contributed by atoms with Gasteiger partial charge in [0.2, 0.25) is 5.91 Å². The van der Waals surface area contributed by atoms with Crippen molar-refractivity contribution in [3.63, 3.8) is 0 Å². The summed E-state index contributed by atoms with van der Waals surface area (Å²) >= 11 is 0. The number of carbonyl (C=O) groups excluding carboxylic acids is 1. The fourth-order valence-corrected chi connectivity index (χ4v) is 3.11. The van der Waals surface area contributed by atoms with Gasteiger partial charge in [-0.05, 0) is 43.0 Å². The predicted molar refractivity (Wildman–Crippen MR) is 120 cm³/mol. The molecule has 3 rings (SSSR count). The number of anilines is 2. The van der Waals surface area contributed by atoms with E-state index < -0.39 is 0 Å². The zero-order valence-corrected chi connectivity index (χ0v) is 17.9. The van der Waals surface area contributed by atoms with Gasteiger partial charge in [0.15, 0.2) is 5.82 Å². The molecule has 0 spiro atoms. The third-order valence-electron chi connectivity index (χ3n) is 5.08. The standard InChI is InChI=1S/C22H27N7O2/c1-14(17-5-4-8-24-11-17)9-26-21-22(31)29(15(2)10-27-21)13-20(30)25-12-18-6-7-19(23)28-16(18)3/h4-8,10-11,14H,9,12-13H2,1-3H3,(H2,23,28)(H,25,30)(H,26,27). The lowest BCUT2D eigenvalue weighted by Gasteiger charge is -2.15. The summed E-state index contributed by atoms with van der Waals surface area (Å²) in [7, 11) is 0. The minimum absolute atomic E-state index is 0.0958. The number of amides is 1. The van der Waals surface area contributed by atoms with Crippen LogP contribution in [0.25, 0.3) is 0 Å². The summed E-state index contributed by atoms with van der Waals surface area (Å²) in [5.74, 6) is 0.518. The van der Waals surface area contributed by atoms with Gasteiger partial charge in [0.1, 0.15) is 12.4 Å². The lowest BCUT2D eigenvalue weighted by atomic mass is 10.0. The Morgan fingerprint density at radius 3 is 2.74 bits per heavy atom. The molecule has 3 heterocycles. The van der Waals surface area contributed by atoms with Gasteiger partial charge in [-0.1, -0.05) is 19.1 Å². The molecule has 0 saturated heterocycles. The summed E-state index contributed by atoms with van der Waals surface area (Å²) in [4.78, 5) is 37.8. The van der Waals surface area contributed by atoms with Crippen molar-refractivity contribution < 1.29 is 4.79 Å². The molecular formula is C22H27N7O2. The maximum absolute atomic E-state index is 12.9. The first-order valence-electron chi connectivity index (χ1n) is 10.0. The molecule has 0 aliphatic carbocycles. The average molecular weight is 422 g/mol. The number of hydrogen-bond acceptors (Lipinski definition) is 7. The Kier molecular flexibility index (Phi) is 6.96. The number of hydrogen-bond donors (Lipinski definition) is 3. The Hall–Kier alpha value is -3.75. The molecule has 31 heavy (non-hydrogen) atoms. The third-order valence-corrected chi connectivity index (χ3v) is 5.08. The van der Waals surface area contributed by atoms with E-state index in [0.29, 0.717) is 24.6 Å². The van der Waals surface area contributed by atoms with Crippen molar-refractivity contribution in [2.45, 2.75) is 39.8 Å². The Labute approximate surface area is 180 Å². The molecule has 9 heteroatoms. The SMILES string of the molecule is Cc1nc(N)ccc1CNC(=O)Cn1c(C)cnc(NCC(C)c2cccnc2)c1=O. The molecule has 0 bridgehead atoms. The highest BCUT2D eigenvalue weighted by atomic mass is 16.2. The molecule has 1 unspecified atom stereocenters. The summed E-state index contributed by atoms with van der Waals surface area (Å²) in [5.41, 5.74) is 8.62. The van der Waals surface area contributed by atoms with E-state index in [0.717, 1.165) is 16.8 Å². The Bertz CT molecular complexity index is 1110. The monoisotopic (exact) mass is 421 g/mol. The van der Waals surface area contributed by atoms with Gasteiger partial charge in [0.25, 0.3) is 5.56 Å². The number of aryl methyl sites for hydroxylation is 2.